The average molecular weight is 308 g/mol. The van der Waals surface area contributed by atoms with Crippen molar-refractivity contribution in [1.82, 2.24) is 10.2 Å². The first-order valence-corrected chi connectivity index (χ1v) is 8.11. The molecule has 1 aromatic rings. The Hall–Kier alpha value is -1.27. The Labute approximate surface area is 131 Å². The number of aromatic nitrogens is 2. The highest BCUT2D eigenvalue weighted by Gasteiger charge is 2.18. The molecule has 0 amide bonds. The van der Waals surface area contributed by atoms with E-state index in [1.807, 2.05) is 0 Å². The SMILES string of the molecule is CCc1nnc(NCCC2CCCO2)c(C(N)=S)c1CC. The molecule has 2 rings (SSSR count). The van der Waals surface area contributed by atoms with Gasteiger partial charge in [0.25, 0.3) is 0 Å². The van der Waals surface area contributed by atoms with Crippen LogP contribution in [0.25, 0.3) is 0 Å². The maximum atomic E-state index is 5.91. The van der Waals surface area contributed by atoms with Crippen LogP contribution in [-0.4, -0.2) is 34.4 Å². The Kier molecular flexibility index (Phi) is 5.87. The monoisotopic (exact) mass is 308 g/mol. The van der Waals surface area contributed by atoms with Gasteiger partial charge in [0, 0.05) is 13.2 Å². The highest BCUT2D eigenvalue weighted by molar-refractivity contribution is 7.80. The van der Waals surface area contributed by atoms with E-state index in [1.54, 1.807) is 0 Å². The van der Waals surface area contributed by atoms with E-state index < -0.39 is 0 Å². The number of anilines is 1. The summed E-state index contributed by atoms with van der Waals surface area (Å²) in [5.74, 6) is 0.703. The molecule has 1 aliphatic rings. The Morgan fingerprint density at radius 1 is 1.38 bits per heavy atom. The molecule has 5 nitrogen and oxygen atoms in total. The zero-order chi connectivity index (χ0) is 15.2. The number of nitrogens with one attached hydrogen (secondary N) is 1. The summed E-state index contributed by atoms with van der Waals surface area (Å²) in [6.07, 6.45) is 5.32. The summed E-state index contributed by atoms with van der Waals surface area (Å²) in [7, 11) is 0. The number of nitrogens with zero attached hydrogens (tertiary/aromatic N) is 2. The predicted molar refractivity (Wildman–Crippen MR) is 88.8 cm³/mol. The summed E-state index contributed by atoms with van der Waals surface area (Å²) in [5, 5.41) is 11.9. The molecule has 1 aliphatic heterocycles. The molecule has 21 heavy (non-hydrogen) atoms. The lowest BCUT2D eigenvalue weighted by molar-refractivity contribution is 0.107. The maximum absolute atomic E-state index is 5.91. The highest BCUT2D eigenvalue weighted by atomic mass is 32.1. The van der Waals surface area contributed by atoms with E-state index in [9.17, 15) is 0 Å². The molecule has 0 aliphatic carbocycles. The molecule has 0 spiro atoms. The van der Waals surface area contributed by atoms with Crippen LogP contribution >= 0.6 is 12.2 Å². The first kappa shape index (κ1) is 16.1. The number of thiocarbonyl (C=S) groups is 1. The Bertz CT molecular complexity index is 501. The fourth-order valence-corrected chi connectivity index (χ4v) is 3.01. The summed E-state index contributed by atoms with van der Waals surface area (Å²) >= 11 is 5.21. The maximum Gasteiger partial charge on any atom is 0.159 e. The van der Waals surface area contributed by atoms with Gasteiger partial charge in [-0.3, -0.25) is 0 Å². The second-order valence-corrected chi connectivity index (χ2v) is 5.71. The third-order valence-corrected chi connectivity index (χ3v) is 4.08. The van der Waals surface area contributed by atoms with Crippen molar-refractivity contribution in [3.8, 4) is 0 Å². The molecular weight excluding hydrogens is 284 g/mol. The topological polar surface area (TPSA) is 73.1 Å². The largest absolute Gasteiger partial charge is 0.389 e. The van der Waals surface area contributed by atoms with E-state index >= 15 is 0 Å². The Morgan fingerprint density at radius 3 is 2.76 bits per heavy atom. The van der Waals surface area contributed by atoms with Crippen molar-refractivity contribution < 1.29 is 4.74 Å². The van der Waals surface area contributed by atoms with Gasteiger partial charge >= 0.3 is 0 Å². The number of hydrogen-bond acceptors (Lipinski definition) is 5. The molecular formula is C15H24N4OS. The van der Waals surface area contributed by atoms with Crippen molar-refractivity contribution in [2.75, 3.05) is 18.5 Å². The minimum absolute atomic E-state index is 0.360. The minimum atomic E-state index is 0.360. The lowest BCUT2D eigenvalue weighted by atomic mass is 10.0. The highest BCUT2D eigenvalue weighted by Crippen LogP contribution is 2.21. The molecule has 0 saturated carbocycles. The van der Waals surface area contributed by atoms with Crippen LogP contribution in [0, 0.1) is 0 Å². The normalized spacial score (nSPS) is 17.9. The van der Waals surface area contributed by atoms with E-state index in [2.05, 4.69) is 29.4 Å². The zero-order valence-electron chi connectivity index (χ0n) is 12.8. The number of rotatable bonds is 7. The van der Waals surface area contributed by atoms with Gasteiger partial charge in [-0.15, -0.1) is 5.10 Å². The van der Waals surface area contributed by atoms with Crippen molar-refractivity contribution in [1.29, 1.82) is 0 Å². The third kappa shape index (κ3) is 3.89. The van der Waals surface area contributed by atoms with E-state index in [0.29, 0.717) is 16.9 Å². The van der Waals surface area contributed by atoms with Gasteiger partial charge in [-0.05, 0) is 37.7 Å². The van der Waals surface area contributed by atoms with Gasteiger partial charge in [-0.25, -0.2) is 0 Å². The predicted octanol–water partition coefficient (Wildman–Crippen LogP) is 2.22. The molecule has 6 heteroatoms. The number of hydrogen-bond donors (Lipinski definition) is 2. The van der Waals surface area contributed by atoms with Gasteiger partial charge in [-0.2, -0.15) is 5.10 Å². The molecule has 0 aromatic carbocycles. The van der Waals surface area contributed by atoms with Crippen molar-refractivity contribution in [2.45, 2.75) is 52.1 Å². The second kappa shape index (κ2) is 7.66. The molecule has 1 unspecified atom stereocenters. The summed E-state index contributed by atoms with van der Waals surface area (Å²) < 4.78 is 5.62. The fraction of sp³-hybridized carbons (Fsp3) is 0.667. The molecule has 116 valence electrons. The zero-order valence-corrected chi connectivity index (χ0v) is 13.6. The second-order valence-electron chi connectivity index (χ2n) is 5.27. The van der Waals surface area contributed by atoms with E-state index in [4.69, 9.17) is 22.7 Å². The van der Waals surface area contributed by atoms with Crippen molar-refractivity contribution in [3.63, 3.8) is 0 Å². The molecule has 2 heterocycles. The number of ether oxygens (including phenoxy) is 1. The van der Waals surface area contributed by atoms with E-state index in [-0.39, 0.29) is 0 Å². The first-order valence-electron chi connectivity index (χ1n) is 7.71. The molecule has 1 saturated heterocycles. The Balaban J connectivity index is 2.12. The van der Waals surface area contributed by atoms with E-state index in [1.165, 1.54) is 0 Å². The molecule has 3 N–H and O–H groups in total. The molecule has 0 radical (unpaired) electrons. The van der Waals surface area contributed by atoms with Crippen molar-refractivity contribution >= 4 is 23.0 Å². The van der Waals surface area contributed by atoms with Gasteiger partial charge in [0.15, 0.2) is 5.82 Å². The van der Waals surface area contributed by atoms with Crippen molar-refractivity contribution in [2.24, 2.45) is 5.73 Å². The summed E-state index contributed by atoms with van der Waals surface area (Å²) in [6.45, 7) is 5.84. The van der Waals surface area contributed by atoms with E-state index in [0.717, 1.165) is 62.1 Å². The number of aryl methyl sites for hydroxylation is 1. The van der Waals surface area contributed by atoms with Crippen LogP contribution in [0.15, 0.2) is 0 Å². The van der Waals surface area contributed by atoms with Crippen LogP contribution in [0.2, 0.25) is 0 Å². The first-order chi connectivity index (χ1) is 10.2. The molecule has 1 fully saturated rings. The van der Waals surface area contributed by atoms with Crippen LogP contribution in [0.5, 0.6) is 0 Å². The fourth-order valence-electron chi connectivity index (χ4n) is 2.79. The average Bonchev–Trinajstić information content (AvgIpc) is 2.99. The van der Waals surface area contributed by atoms with Gasteiger partial charge < -0.3 is 15.8 Å². The third-order valence-electron chi connectivity index (χ3n) is 3.88. The molecule has 0 bridgehead atoms. The summed E-state index contributed by atoms with van der Waals surface area (Å²) in [5.41, 5.74) is 8.85. The van der Waals surface area contributed by atoms with Crippen LogP contribution in [-0.2, 0) is 17.6 Å². The van der Waals surface area contributed by atoms with Crippen LogP contribution in [0.1, 0.15) is 49.9 Å². The van der Waals surface area contributed by atoms with Crippen LogP contribution in [0.3, 0.4) is 0 Å². The lowest BCUT2D eigenvalue weighted by Crippen LogP contribution is -2.21. The minimum Gasteiger partial charge on any atom is -0.389 e. The van der Waals surface area contributed by atoms with Gasteiger partial charge in [0.1, 0.15) is 4.99 Å². The summed E-state index contributed by atoms with van der Waals surface area (Å²) in [4.78, 5) is 0.385. The standard InChI is InChI=1S/C15H24N4OS/c1-3-11-12(4-2)18-19-15(13(11)14(16)21)17-8-7-10-6-5-9-20-10/h10H,3-9H2,1-2H3,(H2,16,21)(H,17,19). The van der Waals surface area contributed by atoms with Gasteiger partial charge in [-0.1, -0.05) is 26.1 Å². The number of nitrogens with two attached hydrogens (primary N) is 1. The van der Waals surface area contributed by atoms with Gasteiger partial charge in [0.05, 0.1) is 17.4 Å². The quantitative estimate of drug-likeness (QED) is 0.753. The summed E-state index contributed by atoms with van der Waals surface area (Å²) in [6, 6.07) is 0. The van der Waals surface area contributed by atoms with Crippen LogP contribution in [0.4, 0.5) is 5.82 Å². The smallest absolute Gasteiger partial charge is 0.159 e. The lowest BCUT2D eigenvalue weighted by Gasteiger charge is -2.16. The van der Waals surface area contributed by atoms with Crippen LogP contribution < -0.4 is 11.1 Å². The Morgan fingerprint density at radius 2 is 2.19 bits per heavy atom. The molecule has 1 atom stereocenters. The van der Waals surface area contributed by atoms with Gasteiger partial charge in [0.2, 0.25) is 0 Å². The van der Waals surface area contributed by atoms with Crippen molar-refractivity contribution in [3.05, 3.63) is 16.8 Å². The molecule has 1 aromatic heterocycles.